The van der Waals surface area contributed by atoms with Crippen molar-refractivity contribution in [1.82, 2.24) is 15.0 Å². The number of carbonyl (C=O) groups excluding carboxylic acids is 1. The number of nitrogens with one attached hydrogen (secondary N) is 1. The number of carbonyl (C=O) groups is 1. The minimum atomic E-state index is -0.599. The Morgan fingerprint density at radius 1 is 1.55 bits per heavy atom. The van der Waals surface area contributed by atoms with Gasteiger partial charge in [-0.25, -0.2) is 4.79 Å². The Bertz CT molecular complexity index is 717. The van der Waals surface area contributed by atoms with E-state index in [9.17, 15) is 14.9 Å². The molecule has 1 aromatic carbocycles. The van der Waals surface area contributed by atoms with Gasteiger partial charge in [-0.15, -0.1) is 0 Å². The predicted octanol–water partition coefficient (Wildman–Crippen LogP) is 2.60. The largest absolute Gasteiger partial charge is 0.340 e. The van der Waals surface area contributed by atoms with Crippen molar-refractivity contribution in [3.8, 4) is 0 Å². The maximum absolute atomic E-state index is 12.0. The molecule has 0 spiro atoms. The summed E-state index contributed by atoms with van der Waals surface area (Å²) >= 11 is 5.78. The van der Waals surface area contributed by atoms with Crippen LogP contribution in [-0.4, -0.2) is 33.0 Å². The minimum absolute atomic E-state index is 0.0563. The van der Waals surface area contributed by atoms with E-state index >= 15 is 0 Å². The van der Waals surface area contributed by atoms with Crippen LogP contribution >= 0.6 is 11.6 Å². The zero-order valence-electron chi connectivity index (χ0n) is 11.7. The molecule has 1 heterocycles. The van der Waals surface area contributed by atoms with Crippen molar-refractivity contribution in [2.24, 2.45) is 0 Å². The molecule has 2 rings (SSSR count). The van der Waals surface area contributed by atoms with Gasteiger partial charge in [-0.05, 0) is 12.1 Å². The van der Waals surface area contributed by atoms with Crippen LogP contribution in [0, 0.1) is 17.0 Å². The number of aryl methyl sites for hydroxylation is 1. The average molecular weight is 326 g/mol. The Morgan fingerprint density at radius 3 is 2.82 bits per heavy atom. The van der Waals surface area contributed by atoms with E-state index in [0.29, 0.717) is 17.4 Å². The van der Waals surface area contributed by atoms with Crippen LogP contribution in [0.4, 0.5) is 16.2 Å². The molecule has 1 N–H and O–H groups in total. The first-order valence-electron chi connectivity index (χ1n) is 6.12. The fourth-order valence-corrected chi connectivity index (χ4v) is 1.89. The SMILES string of the molecule is Cc1nc(CN(C)C(=O)Nc2ccc([N+](=O)[O-])c(Cl)c2)no1. The van der Waals surface area contributed by atoms with Gasteiger partial charge in [0.1, 0.15) is 5.02 Å². The lowest BCUT2D eigenvalue weighted by Gasteiger charge is -2.16. The van der Waals surface area contributed by atoms with Gasteiger partial charge < -0.3 is 14.7 Å². The minimum Gasteiger partial charge on any atom is -0.340 e. The lowest BCUT2D eigenvalue weighted by molar-refractivity contribution is -0.384. The van der Waals surface area contributed by atoms with E-state index in [2.05, 4.69) is 15.5 Å². The van der Waals surface area contributed by atoms with Gasteiger partial charge in [-0.2, -0.15) is 4.98 Å². The van der Waals surface area contributed by atoms with Crippen LogP contribution < -0.4 is 5.32 Å². The highest BCUT2D eigenvalue weighted by atomic mass is 35.5. The second-order valence-corrected chi connectivity index (χ2v) is 4.85. The Balaban J connectivity index is 2.02. The molecule has 1 aromatic heterocycles. The molecule has 22 heavy (non-hydrogen) atoms. The van der Waals surface area contributed by atoms with Gasteiger partial charge in [-0.1, -0.05) is 16.8 Å². The van der Waals surface area contributed by atoms with Crippen LogP contribution in [0.3, 0.4) is 0 Å². The second-order valence-electron chi connectivity index (χ2n) is 4.44. The summed E-state index contributed by atoms with van der Waals surface area (Å²) < 4.78 is 4.81. The first-order valence-corrected chi connectivity index (χ1v) is 6.50. The molecule has 0 fully saturated rings. The summed E-state index contributed by atoms with van der Waals surface area (Å²) in [7, 11) is 1.55. The quantitative estimate of drug-likeness (QED) is 0.682. The van der Waals surface area contributed by atoms with Gasteiger partial charge in [0.2, 0.25) is 5.89 Å². The van der Waals surface area contributed by atoms with Crippen LogP contribution in [0.2, 0.25) is 5.02 Å². The molecule has 116 valence electrons. The molecule has 0 saturated carbocycles. The maximum atomic E-state index is 12.0. The van der Waals surface area contributed by atoms with Crippen molar-refractivity contribution < 1.29 is 14.2 Å². The summed E-state index contributed by atoms with van der Waals surface area (Å²) in [6, 6.07) is 3.49. The van der Waals surface area contributed by atoms with Crippen molar-refractivity contribution >= 4 is 29.0 Å². The summed E-state index contributed by atoms with van der Waals surface area (Å²) in [4.78, 5) is 27.4. The number of amides is 2. The van der Waals surface area contributed by atoms with Crippen molar-refractivity contribution in [3.05, 3.63) is 45.1 Å². The number of nitro groups is 1. The Kier molecular flexibility index (Phi) is 4.56. The number of nitrogens with zero attached hydrogens (tertiary/aromatic N) is 4. The number of hydrogen-bond acceptors (Lipinski definition) is 6. The lowest BCUT2D eigenvalue weighted by atomic mass is 10.3. The Labute approximate surface area is 130 Å². The van der Waals surface area contributed by atoms with E-state index < -0.39 is 11.0 Å². The zero-order chi connectivity index (χ0) is 16.3. The van der Waals surface area contributed by atoms with Crippen molar-refractivity contribution in [1.29, 1.82) is 0 Å². The van der Waals surface area contributed by atoms with Crippen molar-refractivity contribution in [3.63, 3.8) is 0 Å². The van der Waals surface area contributed by atoms with Gasteiger partial charge in [-0.3, -0.25) is 10.1 Å². The normalized spacial score (nSPS) is 10.3. The monoisotopic (exact) mass is 325 g/mol. The molecular formula is C12H12ClN5O4. The highest BCUT2D eigenvalue weighted by molar-refractivity contribution is 6.33. The summed E-state index contributed by atoms with van der Waals surface area (Å²) in [5.74, 6) is 0.780. The smallest absolute Gasteiger partial charge is 0.321 e. The number of rotatable bonds is 4. The van der Waals surface area contributed by atoms with Crippen molar-refractivity contribution in [2.75, 3.05) is 12.4 Å². The van der Waals surface area contributed by atoms with Crippen LogP contribution in [0.25, 0.3) is 0 Å². The van der Waals surface area contributed by atoms with E-state index in [1.165, 1.54) is 23.1 Å². The first-order chi connectivity index (χ1) is 10.4. The van der Waals surface area contributed by atoms with Gasteiger partial charge in [0.05, 0.1) is 11.5 Å². The second kappa shape index (κ2) is 6.39. The molecular weight excluding hydrogens is 314 g/mol. The average Bonchev–Trinajstić information content (AvgIpc) is 2.83. The molecule has 0 unspecified atom stereocenters. The third-order valence-electron chi connectivity index (χ3n) is 2.69. The third-order valence-corrected chi connectivity index (χ3v) is 2.99. The van der Waals surface area contributed by atoms with E-state index in [0.717, 1.165) is 0 Å². The van der Waals surface area contributed by atoms with Gasteiger partial charge in [0, 0.05) is 25.7 Å². The zero-order valence-corrected chi connectivity index (χ0v) is 12.5. The van der Waals surface area contributed by atoms with Gasteiger partial charge in [0.15, 0.2) is 5.82 Å². The Hall–Kier alpha value is -2.68. The molecule has 0 atom stereocenters. The number of urea groups is 1. The summed E-state index contributed by atoms with van der Waals surface area (Å²) in [5.41, 5.74) is 0.118. The standard InChI is InChI=1S/C12H12ClN5O4/c1-7-14-11(16-22-7)6-17(2)12(19)15-8-3-4-10(18(20)21)9(13)5-8/h3-5H,6H2,1-2H3,(H,15,19). The topological polar surface area (TPSA) is 114 Å². The van der Waals surface area contributed by atoms with Crippen LogP contribution in [0.1, 0.15) is 11.7 Å². The number of anilines is 1. The van der Waals surface area contributed by atoms with Gasteiger partial charge >= 0.3 is 6.03 Å². The highest BCUT2D eigenvalue weighted by Crippen LogP contribution is 2.27. The number of nitro benzene ring substituents is 1. The Morgan fingerprint density at radius 2 is 2.27 bits per heavy atom. The third kappa shape index (κ3) is 3.70. The van der Waals surface area contributed by atoms with E-state index in [4.69, 9.17) is 16.1 Å². The molecule has 0 aliphatic rings. The lowest BCUT2D eigenvalue weighted by Crippen LogP contribution is -2.31. The van der Waals surface area contributed by atoms with Crippen LogP contribution in [0.5, 0.6) is 0 Å². The number of benzene rings is 1. The van der Waals surface area contributed by atoms with Crippen LogP contribution in [-0.2, 0) is 6.54 Å². The first kappa shape index (κ1) is 15.7. The summed E-state index contributed by atoms with van der Waals surface area (Å²) in [6.45, 7) is 1.80. The van der Waals surface area contributed by atoms with E-state index in [-0.39, 0.29) is 17.3 Å². The predicted molar refractivity (Wildman–Crippen MR) is 77.6 cm³/mol. The molecule has 2 amide bonds. The van der Waals surface area contributed by atoms with E-state index in [1.54, 1.807) is 14.0 Å². The number of aromatic nitrogens is 2. The molecule has 0 saturated heterocycles. The number of hydrogen-bond donors (Lipinski definition) is 1. The highest BCUT2D eigenvalue weighted by Gasteiger charge is 2.16. The molecule has 0 radical (unpaired) electrons. The summed E-state index contributed by atoms with van der Waals surface area (Å²) in [5, 5.41) is 16.9. The molecule has 0 bridgehead atoms. The maximum Gasteiger partial charge on any atom is 0.321 e. The van der Waals surface area contributed by atoms with Gasteiger partial charge in [0.25, 0.3) is 5.69 Å². The molecule has 0 aliphatic carbocycles. The molecule has 10 heteroatoms. The van der Waals surface area contributed by atoms with E-state index in [1.807, 2.05) is 0 Å². The van der Waals surface area contributed by atoms with Crippen molar-refractivity contribution in [2.45, 2.75) is 13.5 Å². The fraction of sp³-hybridized carbons (Fsp3) is 0.250. The molecule has 2 aromatic rings. The molecule has 0 aliphatic heterocycles. The fourth-order valence-electron chi connectivity index (χ4n) is 1.64. The van der Waals surface area contributed by atoms with Crippen LogP contribution in [0.15, 0.2) is 22.7 Å². The number of halogens is 1. The summed E-state index contributed by atoms with van der Waals surface area (Å²) in [6.07, 6.45) is 0. The molecule has 9 nitrogen and oxygen atoms in total.